The molecule has 0 saturated heterocycles. The molecule has 0 bridgehead atoms. The van der Waals surface area contributed by atoms with Crippen molar-refractivity contribution < 1.29 is 0 Å². The van der Waals surface area contributed by atoms with Crippen molar-refractivity contribution in [3.63, 3.8) is 0 Å². The van der Waals surface area contributed by atoms with Gasteiger partial charge in [0, 0.05) is 0 Å². The summed E-state index contributed by atoms with van der Waals surface area (Å²) in [7, 11) is 0. The van der Waals surface area contributed by atoms with Crippen molar-refractivity contribution in [2.45, 2.75) is 5.82 Å². The van der Waals surface area contributed by atoms with Crippen LogP contribution in [0.3, 0.4) is 0 Å². The third-order valence-corrected chi connectivity index (χ3v) is 3.39. The Morgan fingerprint density at radius 2 is 1.25 bits per heavy atom. The van der Waals surface area contributed by atoms with Gasteiger partial charge < -0.3 is 0 Å². The summed E-state index contributed by atoms with van der Waals surface area (Å²) in [5.41, 5.74) is 3.96. The molecule has 0 saturated carbocycles. The van der Waals surface area contributed by atoms with Gasteiger partial charge in [-0.25, -0.2) is 0 Å². The van der Waals surface area contributed by atoms with E-state index >= 15 is 0 Å². The number of hydrogen-bond donors (Lipinski definition) is 0. The van der Waals surface area contributed by atoms with Gasteiger partial charge in [-0.15, -0.1) is 0 Å². The molecule has 2 aromatic rings. The van der Waals surface area contributed by atoms with E-state index in [0.717, 1.165) is 0 Å². The molecule has 0 nitrogen and oxygen atoms in total. The first kappa shape index (κ1) is 11.2. The standard InChI is InChI=1S/C15H14Se/c1-16-12-15(13-8-4-2-5-9-13)14-10-6-3-7-11-14/h2-12H,1H3. The molecule has 0 aliphatic carbocycles. The topological polar surface area (TPSA) is 0 Å². The van der Waals surface area contributed by atoms with E-state index in [1.807, 2.05) is 0 Å². The van der Waals surface area contributed by atoms with Crippen LogP contribution in [0.4, 0.5) is 0 Å². The molecule has 0 aromatic heterocycles. The summed E-state index contributed by atoms with van der Waals surface area (Å²) in [6.07, 6.45) is 0. The average Bonchev–Trinajstić information content (AvgIpc) is 2.38. The number of hydrogen-bond acceptors (Lipinski definition) is 0. The van der Waals surface area contributed by atoms with Crippen molar-refractivity contribution in [2.24, 2.45) is 0 Å². The van der Waals surface area contributed by atoms with Crippen molar-refractivity contribution in [1.29, 1.82) is 0 Å². The SMILES string of the molecule is C[Se]C=C(c1ccccc1)c1ccccc1. The van der Waals surface area contributed by atoms with Crippen molar-refractivity contribution in [1.82, 2.24) is 0 Å². The van der Waals surface area contributed by atoms with Crippen LogP contribution in [0.25, 0.3) is 5.57 Å². The first-order valence-electron chi connectivity index (χ1n) is 5.25. The van der Waals surface area contributed by atoms with E-state index in [2.05, 4.69) is 71.5 Å². The van der Waals surface area contributed by atoms with Gasteiger partial charge in [0.05, 0.1) is 0 Å². The molecule has 16 heavy (non-hydrogen) atoms. The van der Waals surface area contributed by atoms with Gasteiger partial charge in [-0.05, 0) is 0 Å². The summed E-state index contributed by atoms with van der Waals surface area (Å²) in [5.74, 6) is 2.24. The van der Waals surface area contributed by atoms with Crippen LogP contribution in [0.5, 0.6) is 0 Å². The molecule has 0 N–H and O–H groups in total. The van der Waals surface area contributed by atoms with Gasteiger partial charge in [0.25, 0.3) is 0 Å². The molecule has 80 valence electrons. The Kier molecular flexibility index (Phi) is 3.98. The van der Waals surface area contributed by atoms with E-state index in [-0.39, 0.29) is 0 Å². The van der Waals surface area contributed by atoms with E-state index < -0.39 is 0 Å². The fourth-order valence-corrected chi connectivity index (χ4v) is 2.72. The Bertz CT molecular complexity index is 416. The zero-order valence-electron chi connectivity index (χ0n) is 9.26. The van der Waals surface area contributed by atoms with Crippen LogP contribution in [0.15, 0.2) is 65.6 Å². The Morgan fingerprint density at radius 3 is 1.62 bits per heavy atom. The molecule has 0 unspecified atom stereocenters. The molecular formula is C15H14Se. The number of rotatable bonds is 3. The monoisotopic (exact) mass is 274 g/mol. The molecule has 2 aromatic carbocycles. The third-order valence-electron chi connectivity index (χ3n) is 2.41. The molecule has 0 spiro atoms. The molecular weight excluding hydrogens is 259 g/mol. The second-order valence-corrected chi connectivity index (χ2v) is 4.98. The quantitative estimate of drug-likeness (QED) is 0.746. The van der Waals surface area contributed by atoms with Gasteiger partial charge in [-0.3, -0.25) is 0 Å². The summed E-state index contributed by atoms with van der Waals surface area (Å²) < 4.78 is 0. The summed E-state index contributed by atoms with van der Waals surface area (Å²) in [6, 6.07) is 21.2. The molecule has 0 atom stereocenters. The van der Waals surface area contributed by atoms with Crippen LogP contribution in [-0.2, 0) is 0 Å². The van der Waals surface area contributed by atoms with Crippen molar-refractivity contribution in [3.8, 4) is 0 Å². The Labute approximate surface area is 103 Å². The summed E-state index contributed by atoms with van der Waals surface area (Å²) in [4.78, 5) is 2.34. The first-order chi connectivity index (χ1) is 7.92. The molecule has 2 rings (SSSR count). The van der Waals surface area contributed by atoms with Crippen molar-refractivity contribution in [3.05, 3.63) is 76.8 Å². The van der Waals surface area contributed by atoms with E-state index in [1.165, 1.54) is 16.7 Å². The summed E-state index contributed by atoms with van der Waals surface area (Å²) in [6.45, 7) is 0. The second kappa shape index (κ2) is 5.69. The van der Waals surface area contributed by atoms with Gasteiger partial charge in [-0.1, -0.05) is 0 Å². The molecule has 0 heterocycles. The zero-order valence-corrected chi connectivity index (χ0v) is 11.0. The van der Waals surface area contributed by atoms with Crippen molar-refractivity contribution in [2.75, 3.05) is 0 Å². The Hall–Kier alpha value is -1.30. The Balaban J connectivity index is 2.44. The number of benzene rings is 2. The molecule has 0 radical (unpaired) electrons. The van der Waals surface area contributed by atoms with Crippen molar-refractivity contribution >= 4 is 20.5 Å². The van der Waals surface area contributed by atoms with Crippen LogP contribution < -0.4 is 0 Å². The Morgan fingerprint density at radius 1 is 0.812 bits per heavy atom. The molecule has 0 aliphatic rings. The van der Waals surface area contributed by atoms with Crippen LogP contribution in [0.2, 0.25) is 5.82 Å². The van der Waals surface area contributed by atoms with Gasteiger partial charge in [0.15, 0.2) is 0 Å². The molecule has 1 heteroatoms. The maximum absolute atomic E-state index is 2.34. The van der Waals surface area contributed by atoms with E-state index in [1.54, 1.807) is 0 Å². The fourth-order valence-electron chi connectivity index (χ4n) is 1.66. The van der Waals surface area contributed by atoms with Gasteiger partial charge in [0.2, 0.25) is 0 Å². The maximum atomic E-state index is 2.34. The normalized spacial score (nSPS) is 9.81. The van der Waals surface area contributed by atoms with E-state index in [0.29, 0.717) is 15.0 Å². The summed E-state index contributed by atoms with van der Waals surface area (Å²) in [5, 5.41) is 0. The van der Waals surface area contributed by atoms with Gasteiger partial charge in [0.1, 0.15) is 0 Å². The van der Waals surface area contributed by atoms with Gasteiger partial charge >= 0.3 is 103 Å². The zero-order chi connectivity index (χ0) is 11.2. The molecule has 0 fully saturated rings. The minimum atomic E-state index is 0.543. The minimum absolute atomic E-state index is 0.543. The van der Waals surface area contributed by atoms with Gasteiger partial charge in [-0.2, -0.15) is 0 Å². The second-order valence-electron chi connectivity index (χ2n) is 3.50. The predicted octanol–water partition coefficient (Wildman–Crippen LogP) is 3.83. The molecule has 0 amide bonds. The van der Waals surface area contributed by atoms with E-state index in [4.69, 9.17) is 0 Å². The first-order valence-corrected chi connectivity index (χ1v) is 7.96. The van der Waals surface area contributed by atoms with Crippen LogP contribution in [0.1, 0.15) is 11.1 Å². The predicted molar refractivity (Wildman–Crippen MR) is 71.6 cm³/mol. The van der Waals surface area contributed by atoms with Crippen LogP contribution >= 0.6 is 0 Å². The summed E-state index contributed by atoms with van der Waals surface area (Å²) >= 11 is 0.543. The van der Waals surface area contributed by atoms with Crippen LogP contribution in [0, 0.1) is 0 Å². The average molecular weight is 273 g/mol. The fraction of sp³-hybridized carbons (Fsp3) is 0.0667. The van der Waals surface area contributed by atoms with E-state index in [9.17, 15) is 0 Å². The van der Waals surface area contributed by atoms with Crippen LogP contribution in [-0.4, -0.2) is 15.0 Å². The molecule has 0 aliphatic heterocycles. The third kappa shape index (κ3) is 2.63.